The van der Waals surface area contributed by atoms with Crippen molar-refractivity contribution in [2.45, 2.75) is 95.6 Å². The Kier molecular flexibility index (Phi) is 21.3. The number of fused-ring (bicyclic) bond motifs is 2. The molecule has 4 atom stereocenters. The van der Waals surface area contributed by atoms with Crippen LogP contribution >= 0.6 is 0 Å². The number of ether oxygens (including phenoxy) is 12. The SMILES string of the molecule is COc1cc2c(cc1OC)[C@H](c1cc(OC)c(OC)c(OC)c1)[N@@+](C)(CCCOC(=O)CCCCCCCCC(=O)OCCC[N@+]1(C)CCc3cc(OC)c(OC)cc3[C@H]1Cc1cc(OC)c(OC)c(OC)c1)CC2. The first-order valence-electron chi connectivity index (χ1n) is 26.4. The van der Waals surface area contributed by atoms with E-state index in [9.17, 15) is 9.59 Å². The van der Waals surface area contributed by atoms with E-state index in [1.165, 1.54) is 16.7 Å². The van der Waals surface area contributed by atoms with Crippen LogP contribution in [0, 0.1) is 0 Å². The molecule has 0 saturated carbocycles. The molecule has 16 nitrogen and oxygen atoms in total. The lowest BCUT2D eigenvalue weighted by molar-refractivity contribution is -0.941. The van der Waals surface area contributed by atoms with Crippen molar-refractivity contribution in [2.75, 3.05) is 125 Å². The highest BCUT2D eigenvalue weighted by molar-refractivity contribution is 5.69. The van der Waals surface area contributed by atoms with Gasteiger partial charge in [-0.1, -0.05) is 25.7 Å². The van der Waals surface area contributed by atoms with Crippen molar-refractivity contribution in [3.63, 3.8) is 0 Å². The number of nitrogens with zero attached hydrogens (tertiary/aromatic N) is 2. The van der Waals surface area contributed by atoms with Crippen molar-refractivity contribution in [3.05, 3.63) is 81.9 Å². The van der Waals surface area contributed by atoms with Crippen LogP contribution < -0.4 is 47.4 Å². The number of esters is 2. The average molecular weight is 1050 g/mol. The highest BCUT2D eigenvalue weighted by Gasteiger charge is 2.43. The third kappa shape index (κ3) is 14.0. The van der Waals surface area contributed by atoms with Crippen LogP contribution in [0.25, 0.3) is 0 Å². The first-order chi connectivity index (χ1) is 36.3. The van der Waals surface area contributed by atoms with Gasteiger partial charge in [0, 0.05) is 61.6 Å². The predicted molar refractivity (Wildman–Crippen MR) is 287 cm³/mol. The van der Waals surface area contributed by atoms with E-state index in [1.54, 1.807) is 71.1 Å². The van der Waals surface area contributed by atoms with Crippen molar-refractivity contribution in [1.29, 1.82) is 0 Å². The first kappa shape index (κ1) is 58.0. The normalized spacial score (nSPS) is 18.7. The van der Waals surface area contributed by atoms with Crippen LogP contribution in [0.2, 0.25) is 0 Å². The molecule has 2 aliphatic rings. The summed E-state index contributed by atoms with van der Waals surface area (Å²) in [7, 11) is 20.9. The molecule has 6 rings (SSSR count). The topological polar surface area (TPSA) is 145 Å². The van der Waals surface area contributed by atoms with Gasteiger partial charge in [0.1, 0.15) is 12.1 Å². The summed E-state index contributed by atoms with van der Waals surface area (Å²) in [6, 6.07) is 16.5. The molecule has 412 valence electrons. The Balaban J connectivity index is 0.915. The highest BCUT2D eigenvalue weighted by Crippen LogP contribution is 2.49. The monoisotopic (exact) mass is 1040 g/mol. The van der Waals surface area contributed by atoms with Gasteiger partial charge in [-0.25, -0.2) is 0 Å². The van der Waals surface area contributed by atoms with E-state index in [2.05, 4.69) is 38.4 Å². The minimum absolute atomic E-state index is 0.0755. The van der Waals surface area contributed by atoms with E-state index < -0.39 is 0 Å². The number of carbonyl (C=O) groups excluding carboxylic acids is 2. The lowest BCUT2D eigenvalue weighted by Gasteiger charge is -2.46. The summed E-state index contributed by atoms with van der Waals surface area (Å²) >= 11 is 0. The van der Waals surface area contributed by atoms with Crippen LogP contribution in [-0.2, 0) is 38.3 Å². The Morgan fingerprint density at radius 2 is 0.827 bits per heavy atom. The van der Waals surface area contributed by atoms with Crippen LogP contribution in [0.4, 0.5) is 0 Å². The van der Waals surface area contributed by atoms with Crippen LogP contribution in [0.3, 0.4) is 0 Å². The van der Waals surface area contributed by atoms with E-state index in [-0.39, 0.29) is 24.0 Å². The van der Waals surface area contributed by atoms with E-state index >= 15 is 0 Å². The fourth-order valence-corrected chi connectivity index (χ4v) is 11.3. The third-order valence-corrected chi connectivity index (χ3v) is 15.4. The lowest BCUT2D eigenvalue weighted by Crippen LogP contribution is -2.52. The van der Waals surface area contributed by atoms with Crippen molar-refractivity contribution in [2.24, 2.45) is 0 Å². The van der Waals surface area contributed by atoms with Crippen molar-refractivity contribution in [1.82, 2.24) is 0 Å². The van der Waals surface area contributed by atoms with Gasteiger partial charge in [0.05, 0.1) is 125 Å². The van der Waals surface area contributed by atoms with E-state index in [1.807, 2.05) is 24.3 Å². The number of hydrogen-bond donors (Lipinski definition) is 0. The third-order valence-electron chi connectivity index (χ3n) is 15.4. The van der Waals surface area contributed by atoms with E-state index in [4.69, 9.17) is 56.8 Å². The van der Waals surface area contributed by atoms with Gasteiger partial charge in [0.2, 0.25) is 11.5 Å². The Morgan fingerprint density at radius 3 is 1.28 bits per heavy atom. The highest BCUT2D eigenvalue weighted by atomic mass is 16.6. The summed E-state index contributed by atoms with van der Waals surface area (Å²) in [6.45, 7) is 4.09. The number of methoxy groups -OCH3 is 10. The molecular weight excluding hydrogens is 961 g/mol. The fourth-order valence-electron chi connectivity index (χ4n) is 11.3. The molecule has 0 radical (unpaired) electrons. The summed E-state index contributed by atoms with van der Waals surface area (Å²) in [5, 5.41) is 0. The van der Waals surface area contributed by atoms with Gasteiger partial charge in [-0.15, -0.1) is 0 Å². The molecule has 0 amide bonds. The number of rotatable bonds is 30. The number of benzene rings is 4. The van der Waals surface area contributed by atoms with Crippen LogP contribution in [0.1, 0.15) is 110 Å². The molecule has 0 saturated heterocycles. The van der Waals surface area contributed by atoms with Gasteiger partial charge >= 0.3 is 11.9 Å². The molecule has 4 aromatic rings. The maximum Gasteiger partial charge on any atom is 0.305 e. The minimum atomic E-state index is -0.168. The molecule has 75 heavy (non-hydrogen) atoms. The number of unbranched alkanes of at least 4 members (excludes halogenated alkanes) is 5. The zero-order chi connectivity index (χ0) is 54.1. The second-order valence-electron chi connectivity index (χ2n) is 20.0. The summed E-state index contributed by atoms with van der Waals surface area (Å²) < 4.78 is 70.1. The maximum atomic E-state index is 12.9. The smallest absolute Gasteiger partial charge is 0.305 e. The molecule has 0 bridgehead atoms. The van der Waals surface area contributed by atoms with Gasteiger partial charge in [-0.3, -0.25) is 9.59 Å². The summed E-state index contributed by atoms with van der Waals surface area (Å²) in [6.07, 6.45) is 10.1. The Hall–Kier alpha value is -6.26. The van der Waals surface area contributed by atoms with Gasteiger partial charge in [-0.05, 0) is 78.1 Å². The largest absolute Gasteiger partial charge is 0.493 e. The molecule has 0 unspecified atom stereocenters. The summed E-state index contributed by atoms with van der Waals surface area (Å²) in [4.78, 5) is 25.7. The Labute approximate surface area is 445 Å². The molecule has 0 fully saturated rings. The van der Waals surface area contributed by atoms with Gasteiger partial charge in [-0.2, -0.15) is 0 Å². The maximum absolute atomic E-state index is 12.9. The first-order valence-corrected chi connectivity index (χ1v) is 26.4. The predicted octanol–water partition coefficient (Wildman–Crippen LogP) is 9.84. The molecule has 0 aromatic heterocycles. The number of hydrogen-bond acceptors (Lipinski definition) is 14. The second-order valence-corrected chi connectivity index (χ2v) is 20.0. The van der Waals surface area contributed by atoms with Crippen LogP contribution in [-0.4, -0.2) is 145 Å². The molecule has 16 heteroatoms. The molecule has 2 aliphatic heterocycles. The molecular formula is C59H84N2O14+2. The van der Waals surface area contributed by atoms with Gasteiger partial charge in [0.25, 0.3) is 0 Å². The lowest BCUT2D eigenvalue weighted by atomic mass is 9.85. The van der Waals surface area contributed by atoms with E-state index in [0.717, 1.165) is 111 Å². The minimum Gasteiger partial charge on any atom is -0.493 e. The Morgan fingerprint density at radius 1 is 0.440 bits per heavy atom. The quantitative estimate of drug-likeness (QED) is 0.0278. The fraction of sp³-hybridized carbons (Fsp3) is 0.559. The Bertz CT molecular complexity index is 2480. The van der Waals surface area contributed by atoms with Gasteiger partial charge < -0.3 is 65.8 Å². The molecule has 0 aliphatic carbocycles. The van der Waals surface area contributed by atoms with Crippen LogP contribution in [0.5, 0.6) is 57.5 Å². The van der Waals surface area contributed by atoms with Crippen molar-refractivity contribution >= 4 is 11.9 Å². The summed E-state index contributed by atoms with van der Waals surface area (Å²) in [5.41, 5.74) is 6.86. The zero-order valence-electron chi connectivity index (χ0n) is 46.8. The van der Waals surface area contributed by atoms with Crippen LogP contribution in [0.15, 0.2) is 48.5 Å². The number of carbonyl (C=O) groups is 2. The van der Waals surface area contributed by atoms with Gasteiger partial charge in [0.15, 0.2) is 46.0 Å². The average Bonchev–Trinajstić information content (AvgIpc) is 3.43. The molecule has 0 N–H and O–H groups in total. The molecule has 4 aromatic carbocycles. The van der Waals surface area contributed by atoms with Crippen molar-refractivity contribution in [3.8, 4) is 57.5 Å². The molecule has 2 heterocycles. The second kappa shape index (κ2) is 27.5. The van der Waals surface area contributed by atoms with Crippen molar-refractivity contribution < 1.29 is 75.4 Å². The number of quaternary nitrogens is 2. The standard InChI is InChI=1S/C59H84N2O14/c1-60(27-23-41-34-47(64-3)49(66-5)38-44(41)46(60)31-40-32-51(68-7)58(72-11)52(33-40)69-8)25-19-29-74-55(62)21-17-15-13-14-16-18-22-56(63)75-30-20-26-61(2)28-24-42-35-48(65-4)50(67-6)39-45(42)57(61)43-36-53(70-9)59(73-12)54(37-43)71-10/h32-39,46,57H,13-31H2,1-12H3/q+2/t46-,57+,60-,61+/m1/s1. The number of likely N-dealkylation sites (N-methyl/N-ethyl adjacent to an activating group) is 2. The summed E-state index contributed by atoms with van der Waals surface area (Å²) in [5.74, 6) is 5.96. The van der Waals surface area contributed by atoms with E-state index in [0.29, 0.717) is 95.1 Å². The zero-order valence-corrected chi connectivity index (χ0v) is 46.8. The molecule has 0 spiro atoms.